The summed E-state index contributed by atoms with van der Waals surface area (Å²) < 4.78 is 0. The van der Waals surface area contributed by atoms with Crippen molar-refractivity contribution in [3.8, 4) is 11.8 Å². The number of halogens is 2. The van der Waals surface area contributed by atoms with E-state index >= 15 is 0 Å². The monoisotopic (exact) mass is 347 g/mol. The molecule has 0 saturated heterocycles. The van der Waals surface area contributed by atoms with E-state index in [0.717, 1.165) is 0 Å². The quantitative estimate of drug-likeness (QED) is 0.440. The van der Waals surface area contributed by atoms with Gasteiger partial charge in [0.2, 0.25) is 0 Å². The molecule has 0 bridgehead atoms. The van der Waals surface area contributed by atoms with Crippen molar-refractivity contribution in [2.24, 2.45) is 0 Å². The van der Waals surface area contributed by atoms with Crippen LogP contribution in [0.3, 0.4) is 0 Å². The minimum atomic E-state index is -0.661. The fourth-order valence-electron chi connectivity index (χ4n) is 1.67. The zero-order valence-corrected chi connectivity index (χ0v) is 13.2. The van der Waals surface area contributed by atoms with E-state index in [-0.39, 0.29) is 17.0 Å². The molecule has 0 fully saturated rings. The highest BCUT2D eigenvalue weighted by molar-refractivity contribution is 6.36. The third kappa shape index (κ3) is 4.39. The maximum Gasteiger partial charge on any atom is 0.267 e. The molecule has 2 rings (SSSR count). The van der Waals surface area contributed by atoms with Crippen molar-refractivity contribution in [3.63, 3.8) is 0 Å². The largest absolute Gasteiger partial charge is 0.506 e. The number of nitriles is 1. The number of phenolic OH excluding ortho intramolecular Hbond substituents is 1. The van der Waals surface area contributed by atoms with Crippen molar-refractivity contribution >= 4 is 40.5 Å². The van der Waals surface area contributed by atoms with Crippen LogP contribution < -0.4 is 10.6 Å². The third-order valence-electron chi connectivity index (χ3n) is 2.82. The van der Waals surface area contributed by atoms with Gasteiger partial charge >= 0.3 is 0 Å². The molecule has 0 aliphatic rings. The van der Waals surface area contributed by atoms with E-state index in [0.29, 0.717) is 15.7 Å². The second-order valence-corrected chi connectivity index (χ2v) is 5.25. The molecule has 2 aromatic rings. The third-order valence-corrected chi connectivity index (χ3v) is 3.37. The normalized spacial score (nSPS) is 10.7. The van der Waals surface area contributed by atoms with Gasteiger partial charge in [-0.15, -0.1) is 0 Å². The molecular weight excluding hydrogens is 337 g/mol. The zero-order chi connectivity index (χ0) is 16.8. The topological polar surface area (TPSA) is 85.2 Å². The number of nitrogens with zero attached hydrogens (tertiary/aromatic N) is 1. The van der Waals surface area contributed by atoms with Gasteiger partial charge in [-0.1, -0.05) is 35.3 Å². The lowest BCUT2D eigenvalue weighted by Crippen LogP contribution is -2.14. The first-order chi connectivity index (χ1) is 11.0. The molecule has 0 unspecified atom stereocenters. The van der Waals surface area contributed by atoms with Crippen LogP contribution in [0.5, 0.6) is 5.75 Å². The van der Waals surface area contributed by atoms with Gasteiger partial charge in [0.15, 0.2) is 0 Å². The average Bonchev–Trinajstić information content (AvgIpc) is 2.52. The van der Waals surface area contributed by atoms with Gasteiger partial charge in [0.25, 0.3) is 5.91 Å². The Morgan fingerprint density at radius 1 is 1.17 bits per heavy atom. The van der Waals surface area contributed by atoms with Gasteiger partial charge in [-0.05, 0) is 30.3 Å². The Balaban J connectivity index is 2.14. The lowest BCUT2D eigenvalue weighted by atomic mass is 10.2. The molecule has 5 nitrogen and oxygen atoms in total. The Bertz CT molecular complexity index is 813. The number of rotatable bonds is 4. The number of carbonyl (C=O) groups excluding carboxylic acids is 1. The van der Waals surface area contributed by atoms with E-state index in [1.54, 1.807) is 30.3 Å². The molecule has 0 aliphatic heterocycles. The van der Waals surface area contributed by atoms with E-state index in [9.17, 15) is 9.90 Å². The van der Waals surface area contributed by atoms with Crippen LogP contribution in [0.1, 0.15) is 0 Å². The molecule has 2 aromatic carbocycles. The molecular formula is C16H11Cl2N3O2. The maximum atomic E-state index is 12.0. The van der Waals surface area contributed by atoms with E-state index in [1.165, 1.54) is 24.4 Å². The highest BCUT2D eigenvalue weighted by Gasteiger charge is 2.11. The smallest absolute Gasteiger partial charge is 0.267 e. The van der Waals surface area contributed by atoms with Gasteiger partial charge in [-0.3, -0.25) is 4.79 Å². The lowest BCUT2D eigenvalue weighted by Gasteiger charge is -2.07. The van der Waals surface area contributed by atoms with Crippen LogP contribution in [-0.4, -0.2) is 11.0 Å². The molecule has 0 atom stereocenters. The molecule has 23 heavy (non-hydrogen) atoms. The van der Waals surface area contributed by atoms with Crippen LogP contribution in [0.4, 0.5) is 11.4 Å². The van der Waals surface area contributed by atoms with Crippen LogP contribution in [0.15, 0.2) is 54.2 Å². The molecule has 0 heterocycles. The Kier molecular flexibility index (Phi) is 5.47. The summed E-state index contributed by atoms with van der Waals surface area (Å²) in [5.41, 5.74) is 0.529. The van der Waals surface area contributed by atoms with Crippen molar-refractivity contribution in [3.05, 3.63) is 64.3 Å². The number of benzene rings is 2. The van der Waals surface area contributed by atoms with E-state index in [4.69, 9.17) is 28.5 Å². The number of nitrogens with one attached hydrogen (secondary N) is 2. The summed E-state index contributed by atoms with van der Waals surface area (Å²) in [7, 11) is 0. The highest BCUT2D eigenvalue weighted by atomic mass is 35.5. The van der Waals surface area contributed by atoms with Crippen molar-refractivity contribution in [1.29, 1.82) is 5.26 Å². The standard InChI is InChI=1S/C16H11Cl2N3O2/c17-11-5-6-13(12(18)7-11)20-9-10(8-19)16(23)21-14-3-1-2-4-15(14)22/h1-7,9,20,22H,(H,21,23)/b10-9-. The minimum Gasteiger partial charge on any atom is -0.506 e. The second-order valence-electron chi connectivity index (χ2n) is 4.41. The van der Waals surface area contributed by atoms with Crippen molar-refractivity contribution in [2.45, 2.75) is 0 Å². The molecule has 3 N–H and O–H groups in total. The summed E-state index contributed by atoms with van der Waals surface area (Å²) >= 11 is 11.8. The van der Waals surface area contributed by atoms with Crippen molar-refractivity contribution in [1.82, 2.24) is 0 Å². The van der Waals surface area contributed by atoms with Crippen molar-refractivity contribution in [2.75, 3.05) is 10.6 Å². The number of hydrogen-bond acceptors (Lipinski definition) is 4. The van der Waals surface area contributed by atoms with Crippen LogP contribution in [-0.2, 0) is 4.79 Å². The summed E-state index contributed by atoms with van der Waals surface area (Å²) in [6.45, 7) is 0. The number of phenols is 1. The van der Waals surface area contributed by atoms with Gasteiger partial charge in [-0.25, -0.2) is 0 Å². The summed E-state index contributed by atoms with van der Waals surface area (Å²) in [4.78, 5) is 12.0. The lowest BCUT2D eigenvalue weighted by molar-refractivity contribution is -0.112. The van der Waals surface area contributed by atoms with Crippen molar-refractivity contribution < 1.29 is 9.90 Å². The Hall–Kier alpha value is -2.68. The summed E-state index contributed by atoms with van der Waals surface area (Å²) in [5, 5.41) is 24.8. The molecule has 0 aromatic heterocycles. The highest BCUT2D eigenvalue weighted by Crippen LogP contribution is 2.26. The number of amides is 1. The maximum absolute atomic E-state index is 12.0. The summed E-state index contributed by atoms with van der Waals surface area (Å²) in [6.07, 6.45) is 1.23. The van der Waals surface area contributed by atoms with Crippen LogP contribution in [0.2, 0.25) is 10.0 Å². The second kappa shape index (κ2) is 7.54. The molecule has 0 saturated carbocycles. The zero-order valence-electron chi connectivity index (χ0n) is 11.7. The molecule has 0 spiro atoms. The van der Waals surface area contributed by atoms with Gasteiger partial charge in [0.05, 0.1) is 16.4 Å². The van der Waals surface area contributed by atoms with Gasteiger partial charge in [-0.2, -0.15) is 5.26 Å². The number of carbonyl (C=O) groups is 1. The van der Waals surface area contributed by atoms with E-state index < -0.39 is 5.91 Å². The number of aromatic hydroxyl groups is 1. The minimum absolute atomic E-state index is 0.0909. The van der Waals surface area contributed by atoms with Crippen LogP contribution in [0.25, 0.3) is 0 Å². The fraction of sp³-hybridized carbons (Fsp3) is 0. The summed E-state index contributed by atoms with van der Waals surface area (Å²) in [5.74, 6) is -0.751. The molecule has 7 heteroatoms. The van der Waals surface area contributed by atoms with E-state index in [1.807, 2.05) is 0 Å². The number of anilines is 2. The molecule has 116 valence electrons. The first-order valence-electron chi connectivity index (χ1n) is 6.42. The van der Waals surface area contributed by atoms with Crippen LogP contribution in [0, 0.1) is 11.3 Å². The van der Waals surface area contributed by atoms with Crippen LogP contribution >= 0.6 is 23.2 Å². The molecule has 0 aliphatic carbocycles. The Morgan fingerprint density at radius 2 is 1.91 bits per heavy atom. The number of para-hydroxylation sites is 2. The molecule has 0 radical (unpaired) electrons. The summed E-state index contributed by atoms with van der Waals surface area (Å²) in [6, 6.07) is 12.8. The number of hydrogen-bond donors (Lipinski definition) is 3. The fourth-order valence-corrected chi connectivity index (χ4v) is 2.14. The molecule has 1 amide bonds. The van der Waals surface area contributed by atoms with Gasteiger partial charge < -0.3 is 15.7 Å². The van der Waals surface area contributed by atoms with E-state index in [2.05, 4.69) is 10.6 Å². The average molecular weight is 348 g/mol. The SMILES string of the molecule is N#C/C(=C/Nc1ccc(Cl)cc1Cl)C(=O)Nc1ccccc1O. The predicted octanol–water partition coefficient (Wildman–Crippen LogP) is 4.16. The first kappa shape index (κ1) is 16.7. The van der Waals surface area contributed by atoms with Gasteiger partial charge in [0, 0.05) is 11.2 Å². The Labute approximate surface area is 142 Å². The van der Waals surface area contributed by atoms with Gasteiger partial charge in [0.1, 0.15) is 17.4 Å². The first-order valence-corrected chi connectivity index (χ1v) is 7.18. The predicted molar refractivity (Wildman–Crippen MR) is 90.5 cm³/mol. The Morgan fingerprint density at radius 3 is 2.57 bits per heavy atom.